The number of aryl methyl sites for hydroxylation is 1. The highest BCUT2D eigenvalue weighted by Gasteiger charge is 2.07. The Morgan fingerprint density at radius 2 is 2.55 bits per heavy atom. The van der Waals surface area contributed by atoms with Gasteiger partial charge in [-0.3, -0.25) is 4.99 Å². The van der Waals surface area contributed by atoms with Gasteiger partial charge >= 0.3 is 0 Å². The zero-order valence-electron chi connectivity index (χ0n) is 6.96. The molecule has 0 aliphatic heterocycles. The quantitative estimate of drug-likeness (QED) is 0.658. The zero-order valence-corrected chi connectivity index (χ0v) is 6.96. The van der Waals surface area contributed by atoms with Crippen LogP contribution in [0.2, 0.25) is 0 Å². The molecule has 1 unspecified atom stereocenters. The van der Waals surface area contributed by atoms with Crippen molar-refractivity contribution in [3.05, 3.63) is 17.7 Å². The monoisotopic (exact) mass is 151 g/mol. The molecule has 0 amide bonds. The van der Waals surface area contributed by atoms with Gasteiger partial charge in [-0.1, -0.05) is 6.92 Å². The van der Waals surface area contributed by atoms with Crippen molar-refractivity contribution >= 4 is 6.72 Å². The number of nitrogens with zero attached hydrogens (tertiary/aromatic N) is 2. The molecule has 0 aromatic carbocycles. The minimum Gasteiger partial charge on any atom is -0.344 e. The number of rotatable bonds is 3. The fourth-order valence-corrected chi connectivity index (χ4v) is 1.06. The minimum absolute atomic E-state index is 0.177. The third kappa shape index (κ3) is 1.67. The largest absolute Gasteiger partial charge is 0.344 e. The van der Waals surface area contributed by atoms with Crippen molar-refractivity contribution in [2.45, 2.75) is 26.3 Å². The number of hydrogen-bond donors (Lipinski definition) is 1. The Labute approximate surface area is 66.6 Å². The lowest BCUT2D eigenvalue weighted by atomic mass is 10.2. The van der Waals surface area contributed by atoms with Gasteiger partial charge in [0.15, 0.2) is 0 Å². The zero-order chi connectivity index (χ0) is 8.27. The predicted molar refractivity (Wildman–Crippen MR) is 45.9 cm³/mol. The predicted octanol–water partition coefficient (Wildman–Crippen LogP) is 1.87. The van der Waals surface area contributed by atoms with Gasteiger partial charge in [-0.15, -0.1) is 0 Å². The smallest absolute Gasteiger partial charge is 0.103 e. The molecular weight excluding hydrogens is 138 g/mol. The van der Waals surface area contributed by atoms with Gasteiger partial charge in [0, 0.05) is 0 Å². The Morgan fingerprint density at radius 1 is 1.82 bits per heavy atom. The van der Waals surface area contributed by atoms with Crippen LogP contribution < -0.4 is 0 Å². The highest BCUT2D eigenvalue weighted by atomic mass is 14.9. The Balaban J connectivity index is 2.81. The van der Waals surface area contributed by atoms with Crippen LogP contribution >= 0.6 is 0 Å². The van der Waals surface area contributed by atoms with Crippen molar-refractivity contribution < 1.29 is 0 Å². The van der Waals surface area contributed by atoms with E-state index in [0.29, 0.717) is 0 Å². The Hall–Kier alpha value is -1.12. The lowest BCUT2D eigenvalue weighted by molar-refractivity contribution is 0.686. The number of aliphatic imine (C=N–C) groups is 1. The summed E-state index contributed by atoms with van der Waals surface area (Å²) in [7, 11) is 0. The minimum atomic E-state index is 0.177. The third-order valence-electron chi connectivity index (χ3n) is 1.69. The molecule has 1 rings (SSSR count). The number of hydrogen-bond acceptors (Lipinski definition) is 2. The molecule has 0 saturated heterocycles. The SMILES string of the molecule is C=NC(CC)c1cnc(C)[nH]1. The summed E-state index contributed by atoms with van der Waals surface area (Å²) in [6, 6.07) is 0.177. The molecule has 1 aromatic rings. The molecule has 0 radical (unpaired) electrons. The number of aromatic amines is 1. The highest BCUT2D eigenvalue weighted by Crippen LogP contribution is 2.17. The molecule has 0 bridgehead atoms. The van der Waals surface area contributed by atoms with Crippen LogP contribution in [0.1, 0.15) is 30.9 Å². The van der Waals surface area contributed by atoms with Crippen LogP contribution in [-0.4, -0.2) is 16.7 Å². The van der Waals surface area contributed by atoms with Gasteiger partial charge in [0.05, 0.1) is 17.9 Å². The van der Waals surface area contributed by atoms with Gasteiger partial charge in [-0.05, 0) is 20.1 Å². The molecular formula is C8H13N3. The number of aromatic nitrogens is 2. The first kappa shape index (κ1) is 7.98. The van der Waals surface area contributed by atoms with Gasteiger partial charge < -0.3 is 4.98 Å². The second-order valence-corrected chi connectivity index (χ2v) is 2.53. The van der Waals surface area contributed by atoms with Gasteiger partial charge in [0.1, 0.15) is 5.82 Å². The van der Waals surface area contributed by atoms with Gasteiger partial charge in [-0.25, -0.2) is 4.98 Å². The topological polar surface area (TPSA) is 41.0 Å². The van der Waals surface area contributed by atoms with E-state index in [9.17, 15) is 0 Å². The van der Waals surface area contributed by atoms with Crippen molar-refractivity contribution in [3.8, 4) is 0 Å². The maximum atomic E-state index is 4.09. The summed E-state index contributed by atoms with van der Waals surface area (Å²) in [5, 5.41) is 0. The lowest BCUT2D eigenvalue weighted by Gasteiger charge is -2.04. The van der Waals surface area contributed by atoms with Crippen LogP contribution in [0, 0.1) is 6.92 Å². The number of H-pyrrole nitrogens is 1. The molecule has 1 heterocycles. The molecule has 0 aliphatic rings. The van der Waals surface area contributed by atoms with E-state index in [1.54, 1.807) is 0 Å². The summed E-state index contributed by atoms with van der Waals surface area (Å²) in [6.45, 7) is 7.53. The highest BCUT2D eigenvalue weighted by molar-refractivity contribution is 5.26. The second kappa shape index (κ2) is 3.32. The maximum absolute atomic E-state index is 4.09. The summed E-state index contributed by atoms with van der Waals surface area (Å²) in [4.78, 5) is 11.2. The van der Waals surface area contributed by atoms with Crippen molar-refractivity contribution in [2.24, 2.45) is 4.99 Å². The van der Waals surface area contributed by atoms with Crippen molar-refractivity contribution in [3.63, 3.8) is 0 Å². The van der Waals surface area contributed by atoms with Crippen LogP contribution in [0.5, 0.6) is 0 Å². The summed E-state index contributed by atoms with van der Waals surface area (Å²) in [5.41, 5.74) is 1.06. The van der Waals surface area contributed by atoms with E-state index in [-0.39, 0.29) is 6.04 Å². The summed E-state index contributed by atoms with van der Waals surface area (Å²) in [6.07, 6.45) is 2.78. The van der Waals surface area contributed by atoms with Gasteiger partial charge in [0.25, 0.3) is 0 Å². The standard InChI is InChI=1S/C8H13N3/c1-4-7(9-3)8-5-10-6(2)11-8/h5,7H,3-4H2,1-2H3,(H,10,11). The van der Waals surface area contributed by atoms with Crippen LogP contribution in [0.15, 0.2) is 11.2 Å². The molecule has 1 atom stereocenters. The summed E-state index contributed by atoms with van der Waals surface area (Å²) in [5.74, 6) is 0.933. The fourth-order valence-electron chi connectivity index (χ4n) is 1.06. The normalized spacial score (nSPS) is 12.9. The van der Waals surface area contributed by atoms with Crippen LogP contribution in [-0.2, 0) is 0 Å². The van der Waals surface area contributed by atoms with Crippen molar-refractivity contribution in [2.75, 3.05) is 0 Å². The lowest BCUT2D eigenvalue weighted by Crippen LogP contribution is -1.92. The molecule has 1 N–H and O–H groups in total. The maximum Gasteiger partial charge on any atom is 0.103 e. The van der Waals surface area contributed by atoms with E-state index in [4.69, 9.17) is 0 Å². The molecule has 0 fully saturated rings. The van der Waals surface area contributed by atoms with Gasteiger partial charge in [0.2, 0.25) is 0 Å². The van der Waals surface area contributed by atoms with E-state index in [1.807, 2.05) is 13.1 Å². The van der Waals surface area contributed by atoms with Crippen molar-refractivity contribution in [1.82, 2.24) is 9.97 Å². The summed E-state index contributed by atoms with van der Waals surface area (Å²) < 4.78 is 0. The molecule has 0 spiro atoms. The molecule has 3 nitrogen and oxygen atoms in total. The molecule has 3 heteroatoms. The summed E-state index contributed by atoms with van der Waals surface area (Å²) >= 11 is 0. The first-order valence-corrected chi connectivity index (χ1v) is 3.75. The Kier molecular flexibility index (Phi) is 2.41. The van der Waals surface area contributed by atoms with Crippen LogP contribution in [0.25, 0.3) is 0 Å². The van der Waals surface area contributed by atoms with Gasteiger partial charge in [-0.2, -0.15) is 0 Å². The van der Waals surface area contributed by atoms with E-state index >= 15 is 0 Å². The third-order valence-corrected chi connectivity index (χ3v) is 1.69. The van der Waals surface area contributed by atoms with E-state index in [0.717, 1.165) is 17.9 Å². The Morgan fingerprint density at radius 3 is 2.91 bits per heavy atom. The van der Waals surface area contributed by atoms with Crippen LogP contribution in [0.4, 0.5) is 0 Å². The van der Waals surface area contributed by atoms with Crippen LogP contribution in [0.3, 0.4) is 0 Å². The number of nitrogens with one attached hydrogen (secondary N) is 1. The molecule has 60 valence electrons. The first-order chi connectivity index (χ1) is 5.27. The molecule has 0 saturated carbocycles. The second-order valence-electron chi connectivity index (χ2n) is 2.53. The van der Waals surface area contributed by atoms with E-state index in [1.165, 1.54) is 0 Å². The molecule has 11 heavy (non-hydrogen) atoms. The van der Waals surface area contributed by atoms with E-state index in [2.05, 4.69) is 28.6 Å². The number of imidazole rings is 1. The Bertz CT molecular complexity index is 239. The average Bonchev–Trinajstić information content (AvgIpc) is 2.39. The first-order valence-electron chi connectivity index (χ1n) is 3.75. The average molecular weight is 151 g/mol. The molecule has 1 aromatic heterocycles. The van der Waals surface area contributed by atoms with E-state index < -0.39 is 0 Å². The fraction of sp³-hybridized carbons (Fsp3) is 0.500. The van der Waals surface area contributed by atoms with Crippen molar-refractivity contribution in [1.29, 1.82) is 0 Å². The molecule has 0 aliphatic carbocycles.